The van der Waals surface area contributed by atoms with Crippen molar-refractivity contribution in [3.05, 3.63) is 33.9 Å². The molecule has 0 aliphatic heterocycles. The number of pyridine rings is 1. The summed E-state index contributed by atoms with van der Waals surface area (Å²) in [5, 5.41) is 14.7. The Morgan fingerprint density at radius 3 is 2.67 bits per heavy atom. The first-order valence-electron chi connectivity index (χ1n) is 5.38. The molecule has 0 unspecified atom stereocenters. The molecule has 0 amide bonds. The summed E-state index contributed by atoms with van der Waals surface area (Å²) in [5.41, 5.74) is 1.23. The smallest absolute Gasteiger partial charge is 0.299 e. The maximum Gasteiger partial charge on any atom is 0.299 e. The Kier molecular flexibility index (Phi) is 3.01. The molecule has 0 spiro atoms. The Hall–Kier alpha value is -2.37. The zero-order valence-corrected chi connectivity index (χ0v) is 10.4. The van der Waals surface area contributed by atoms with Gasteiger partial charge in [-0.05, 0) is 24.6 Å². The van der Waals surface area contributed by atoms with Crippen molar-refractivity contribution in [1.29, 1.82) is 0 Å². The Bertz CT molecular complexity index is 625. The summed E-state index contributed by atoms with van der Waals surface area (Å²) in [5.74, 6) is 1.09. The number of hydrogen-bond donors (Lipinski definition) is 1. The van der Waals surface area contributed by atoms with Gasteiger partial charge in [0.15, 0.2) is 5.52 Å². The van der Waals surface area contributed by atoms with Crippen LogP contribution in [-0.4, -0.2) is 24.1 Å². The van der Waals surface area contributed by atoms with Crippen LogP contribution in [0.2, 0.25) is 0 Å². The van der Waals surface area contributed by atoms with Crippen molar-refractivity contribution >= 4 is 22.4 Å². The SMILES string of the molecule is CNc1nc2c([N+](=O)[O-])cc(OC)cc2cc1C. The van der Waals surface area contributed by atoms with Crippen molar-refractivity contribution in [2.24, 2.45) is 0 Å². The molecule has 6 heteroatoms. The average molecular weight is 247 g/mol. The minimum Gasteiger partial charge on any atom is -0.496 e. The molecule has 94 valence electrons. The summed E-state index contributed by atoms with van der Waals surface area (Å²) in [6.07, 6.45) is 0. The molecule has 0 saturated heterocycles. The maximum atomic E-state index is 11.1. The monoisotopic (exact) mass is 247 g/mol. The highest BCUT2D eigenvalue weighted by Gasteiger charge is 2.17. The van der Waals surface area contributed by atoms with Gasteiger partial charge in [-0.2, -0.15) is 0 Å². The van der Waals surface area contributed by atoms with Gasteiger partial charge in [0.2, 0.25) is 0 Å². The van der Waals surface area contributed by atoms with Gasteiger partial charge in [0, 0.05) is 12.4 Å². The molecule has 1 heterocycles. The number of nitrogens with one attached hydrogen (secondary N) is 1. The molecular formula is C12H13N3O3. The van der Waals surface area contributed by atoms with Gasteiger partial charge in [-0.1, -0.05) is 0 Å². The van der Waals surface area contributed by atoms with E-state index < -0.39 is 4.92 Å². The van der Waals surface area contributed by atoms with E-state index in [1.165, 1.54) is 13.2 Å². The van der Waals surface area contributed by atoms with E-state index in [9.17, 15) is 10.1 Å². The number of hydrogen-bond acceptors (Lipinski definition) is 5. The maximum absolute atomic E-state index is 11.1. The molecule has 0 atom stereocenters. The quantitative estimate of drug-likeness (QED) is 0.666. The van der Waals surface area contributed by atoms with E-state index in [0.29, 0.717) is 22.5 Å². The number of benzene rings is 1. The third-order valence-corrected chi connectivity index (χ3v) is 2.73. The number of rotatable bonds is 3. The average Bonchev–Trinajstić information content (AvgIpc) is 2.36. The lowest BCUT2D eigenvalue weighted by atomic mass is 10.1. The predicted octanol–water partition coefficient (Wildman–Crippen LogP) is 2.50. The number of non-ortho nitro benzene ring substituents is 1. The minimum absolute atomic E-state index is 0.0548. The fourth-order valence-corrected chi connectivity index (χ4v) is 1.86. The van der Waals surface area contributed by atoms with Crippen LogP contribution in [-0.2, 0) is 0 Å². The number of nitrogens with zero attached hydrogens (tertiary/aromatic N) is 2. The van der Waals surface area contributed by atoms with Crippen molar-refractivity contribution in [1.82, 2.24) is 4.98 Å². The highest BCUT2D eigenvalue weighted by molar-refractivity contribution is 5.90. The molecule has 0 bridgehead atoms. The molecule has 1 aromatic heterocycles. The third kappa shape index (κ3) is 1.92. The van der Waals surface area contributed by atoms with Gasteiger partial charge in [0.1, 0.15) is 11.6 Å². The molecule has 18 heavy (non-hydrogen) atoms. The molecule has 0 aliphatic rings. The van der Waals surface area contributed by atoms with Gasteiger partial charge < -0.3 is 10.1 Å². The molecule has 1 aromatic carbocycles. The molecule has 0 fully saturated rings. The zero-order valence-electron chi connectivity index (χ0n) is 10.4. The number of nitro benzene ring substituents is 1. The summed E-state index contributed by atoms with van der Waals surface area (Å²) < 4.78 is 5.06. The Labute approximate surface area is 104 Å². The number of anilines is 1. The minimum atomic E-state index is -0.452. The number of aryl methyl sites for hydroxylation is 1. The van der Waals surface area contributed by atoms with Gasteiger partial charge in [-0.15, -0.1) is 0 Å². The molecule has 1 N–H and O–H groups in total. The second kappa shape index (κ2) is 4.48. The van der Waals surface area contributed by atoms with Crippen molar-refractivity contribution in [3.63, 3.8) is 0 Å². The molecule has 6 nitrogen and oxygen atoms in total. The molecule has 0 radical (unpaired) electrons. The van der Waals surface area contributed by atoms with Crippen molar-refractivity contribution < 1.29 is 9.66 Å². The normalized spacial score (nSPS) is 10.4. The van der Waals surface area contributed by atoms with Crippen LogP contribution in [0, 0.1) is 17.0 Å². The Morgan fingerprint density at radius 1 is 1.39 bits per heavy atom. The van der Waals surface area contributed by atoms with Gasteiger partial charge in [-0.25, -0.2) is 4.98 Å². The first kappa shape index (κ1) is 12.1. The van der Waals surface area contributed by atoms with Crippen LogP contribution in [0.4, 0.5) is 11.5 Å². The van der Waals surface area contributed by atoms with E-state index in [4.69, 9.17) is 4.74 Å². The summed E-state index contributed by atoms with van der Waals surface area (Å²) in [7, 11) is 3.21. The van der Waals surface area contributed by atoms with E-state index in [1.807, 2.05) is 13.0 Å². The van der Waals surface area contributed by atoms with Gasteiger partial charge in [-0.3, -0.25) is 10.1 Å². The summed E-state index contributed by atoms with van der Waals surface area (Å²) in [6.45, 7) is 1.89. The van der Waals surface area contributed by atoms with E-state index in [2.05, 4.69) is 10.3 Å². The summed E-state index contributed by atoms with van der Waals surface area (Å²) >= 11 is 0. The van der Waals surface area contributed by atoms with E-state index in [-0.39, 0.29) is 5.69 Å². The summed E-state index contributed by atoms with van der Waals surface area (Å²) in [4.78, 5) is 14.9. The van der Waals surface area contributed by atoms with E-state index >= 15 is 0 Å². The van der Waals surface area contributed by atoms with Gasteiger partial charge in [0.05, 0.1) is 18.1 Å². The molecular weight excluding hydrogens is 234 g/mol. The molecule has 0 saturated carbocycles. The number of methoxy groups -OCH3 is 1. The largest absolute Gasteiger partial charge is 0.496 e. The highest BCUT2D eigenvalue weighted by Crippen LogP contribution is 2.31. The lowest BCUT2D eigenvalue weighted by Crippen LogP contribution is -1.99. The van der Waals surface area contributed by atoms with Gasteiger partial charge >= 0.3 is 0 Å². The van der Waals surface area contributed by atoms with Crippen LogP contribution in [0.25, 0.3) is 10.9 Å². The van der Waals surface area contributed by atoms with Crippen LogP contribution < -0.4 is 10.1 Å². The first-order chi connectivity index (χ1) is 8.56. The second-order valence-corrected chi connectivity index (χ2v) is 3.88. The number of fused-ring (bicyclic) bond motifs is 1. The van der Waals surface area contributed by atoms with Gasteiger partial charge in [0.25, 0.3) is 5.69 Å². The summed E-state index contributed by atoms with van der Waals surface area (Å²) in [6, 6.07) is 4.97. The van der Waals surface area contributed by atoms with Crippen LogP contribution in [0.5, 0.6) is 5.75 Å². The van der Waals surface area contributed by atoms with Crippen LogP contribution in [0.1, 0.15) is 5.56 Å². The predicted molar refractivity (Wildman–Crippen MR) is 69.2 cm³/mol. The van der Waals surface area contributed by atoms with Crippen molar-refractivity contribution in [2.75, 3.05) is 19.5 Å². The van der Waals surface area contributed by atoms with Crippen LogP contribution >= 0.6 is 0 Å². The molecule has 0 aliphatic carbocycles. The standard InChI is InChI=1S/C12H13N3O3/c1-7-4-8-5-9(18-3)6-10(15(16)17)11(8)14-12(7)13-2/h4-6H,1-3H3,(H,13,14). The number of nitro groups is 1. The van der Waals surface area contributed by atoms with Crippen LogP contribution in [0.15, 0.2) is 18.2 Å². The second-order valence-electron chi connectivity index (χ2n) is 3.88. The Balaban J connectivity index is 2.83. The van der Waals surface area contributed by atoms with Crippen molar-refractivity contribution in [3.8, 4) is 5.75 Å². The van der Waals surface area contributed by atoms with Crippen LogP contribution in [0.3, 0.4) is 0 Å². The fraction of sp³-hybridized carbons (Fsp3) is 0.250. The zero-order chi connectivity index (χ0) is 13.3. The number of ether oxygens (including phenoxy) is 1. The lowest BCUT2D eigenvalue weighted by molar-refractivity contribution is -0.383. The Morgan fingerprint density at radius 2 is 2.11 bits per heavy atom. The third-order valence-electron chi connectivity index (χ3n) is 2.73. The lowest BCUT2D eigenvalue weighted by Gasteiger charge is -2.08. The molecule has 2 rings (SSSR count). The topological polar surface area (TPSA) is 77.3 Å². The fourth-order valence-electron chi connectivity index (χ4n) is 1.86. The van der Waals surface area contributed by atoms with E-state index in [0.717, 1.165) is 5.56 Å². The molecule has 2 aromatic rings. The van der Waals surface area contributed by atoms with E-state index in [1.54, 1.807) is 13.1 Å². The first-order valence-corrected chi connectivity index (χ1v) is 5.38. The van der Waals surface area contributed by atoms with Crippen molar-refractivity contribution in [2.45, 2.75) is 6.92 Å². The number of aromatic nitrogens is 1. The highest BCUT2D eigenvalue weighted by atomic mass is 16.6.